The van der Waals surface area contributed by atoms with Crippen LogP contribution in [0.2, 0.25) is 5.02 Å². The van der Waals surface area contributed by atoms with Gasteiger partial charge in [0.2, 0.25) is 0 Å². The third kappa shape index (κ3) is 24.4. The molecule has 4 aliphatic rings. The first-order valence-corrected chi connectivity index (χ1v) is 44.7. The van der Waals surface area contributed by atoms with Crippen LogP contribution in [0.3, 0.4) is 0 Å². The molecule has 0 radical (unpaired) electrons. The fourth-order valence-corrected chi connectivity index (χ4v) is 21.3. The molecule has 8 aromatic rings. The van der Waals surface area contributed by atoms with E-state index in [1.54, 1.807) is 83.4 Å². The summed E-state index contributed by atoms with van der Waals surface area (Å²) in [6.07, 6.45) is 9.90. The lowest BCUT2D eigenvalue weighted by atomic mass is 9.95. The summed E-state index contributed by atoms with van der Waals surface area (Å²) >= 11 is 6.35. The molecule has 4 aliphatic heterocycles. The molecule has 0 aliphatic carbocycles. The molecule has 4 atom stereocenters. The zero-order valence-electron chi connectivity index (χ0n) is 67.5. The topological polar surface area (TPSA) is 365 Å². The molecule has 0 fully saturated rings. The molecule has 0 bridgehead atoms. The maximum absolute atomic E-state index is 14.5. The highest BCUT2D eigenvalue weighted by Gasteiger charge is 2.42. The maximum Gasteiger partial charge on any atom is 0.303 e. The van der Waals surface area contributed by atoms with Crippen molar-refractivity contribution in [3.63, 3.8) is 0 Å². The second kappa shape index (κ2) is 45.1. The van der Waals surface area contributed by atoms with Gasteiger partial charge < -0.3 is 91.3 Å². The summed E-state index contributed by atoms with van der Waals surface area (Å²) in [5.41, 5.74) is 10.6. The van der Waals surface area contributed by atoms with E-state index < -0.39 is 81.6 Å². The van der Waals surface area contributed by atoms with Crippen LogP contribution >= 0.6 is 11.6 Å². The molecule has 650 valence electrons. The average molecular weight is 1830 g/mol. The number of carboxylic acids is 4. The van der Waals surface area contributed by atoms with Crippen molar-refractivity contribution in [3.05, 3.63) is 235 Å². The van der Waals surface area contributed by atoms with E-state index in [0.717, 1.165) is 91.4 Å². The minimum atomic E-state index is -3.82. The lowest BCUT2D eigenvalue weighted by Crippen LogP contribution is -3.00. The van der Waals surface area contributed by atoms with E-state index in [0.29, 0.717) is 106 Å². The largest absolute Gasteiger partial charge is 1.00 e. The van der Waals surface area contributed by atoms with Gasteiger partial charge in [-0.1, -0.05) is 109 Å². The number of para-hydroxylation sites is 4. The van der Waals surface area contributed by atoms with Crippen molar-refractivity contribution in [2.24, 2.45) is 0 Å². The van der Waals surface area contributed by atoms with Gasteiger partial charge in [-0.2, -0.15) is 0 Å². The van der Waals surface area contributed by atoms with Gasteiger partial charge in [0.15, 0.2) is 0 Å². The Morgan fingerprint density at radius 2 is 0.571 bits per heavy atom. The van der Waals surface area contributed by atoms with Gasteiger partial charge in [0.1, 0.15) is 35.8 Å². The standard InChI is InChI=1S/C22H27FN2O4S.C22H28N2O4S.C20H23ClN2O4S.C20H23FN2O4S.4ClH/c1-15-13-20-17(14-18(15)23)22(24-12-8-4-3-5-11-21(26)27)16-9-6-7-10-19(16)25(2)30(20,28)29;1-16-12-13-18-20(15-16)29(27,28)24(2)19-10-7-6-9-17(19)22(18)23-14-8-4-3-5-11-21(25)26;2*1-13-11-18-15(12-16(13)21)20(22-10-6-5-9-19(24)25)14-7-3-4-8-17(14)23(2)28(18,26)27;;;;/h6-7,9-10,13-14,22,24H,3-5,8,11-12H2,1-2H3,(H,26,27);6-7,9-10,12-13,15,22-23H,3-5,8,11,14H2,1-2H3,(H,25,26);2*3-4,7-8,11-12,20,22H,5-6,9-10H2,1-2H3,(H,24,25);4*1H. The molecular formula is C84H105Cl5F2N8O16S4. The summed E-state index contributed by atoms with van der Waals surface area (Å²) in [6, 6.07) is 43.1. The molecule has 0 saturated heterocycles. The van der Waals surface area contributed by atoms with Crippen LogP contribution in [0.15, 0.2) is 171 Å². The lowest BCUT2D eigenvalue weighted by molar-refractivity contribution is -0.687. The van der Waals surface area contributed by atoms with Gasteiger partial charge in [-0.25, -0.2) is 42.5 Å². The lowest BCUT2D eigenvalue weighted by Gasteiger charge is -2.20. The number of nitrogens with zero attached hydrogens (tertiary/aromatic N) is 4. The SMILES string of the molecule is Cc1cc2c(cc1Cl)C([NH2+]CCCCC(=O)O)c1ccccc1N(C)S2(=O)=O.Cc1cc2c(cc1F)C([NH2+]CCCCC(=O)O)c1ccccc1N(C)S2(=O)=O.Cc1cc2c(cc1F)C([NH2+]CCCCCCC(=O)O)c1ccccc1N(C)S2(=O)=O.Cc1ccc2c(c1)S(=O)(=O)N(C)c1ccccc1C2[NH2+]CCCCCCC(=O)O.[Cl-].[Cl-].[Cl-].[Cl-]. The molecule has 0 aromatic heterocycles. The fourth-order valence-electron chi connectivity index (χ4n) is 15.0. The number of unbranched alkanes of at least 4 members (excludes halogenated alkanes) is 8. The van der Waals surface area contributed by atoms with Gasteiger partial charge in [0.25, 0.3) is 40.1 Å². The first kappa shape index (κ1) is 101. The van der Waals surface area contributed by atoms with Crippen LogP contribution in [0, 0.1) is 39.3 Å². The number of aryl methyl sites for hydroxylation is 4. The van der Waals surface area contributed by atoms with Crippen molar-refractivity contribution < 1.29 is 153 Å². The van der Waals surface area contributed by atoms with Crippen LogP contribution < -0.4 is 88.1 Å². The summed E-state index contributed by atoms with van der Waals surface area (Å²) in [4.78, 5) is 43.5. The second-order valence-electron chi connectivity index (χ2n) is 29.4. The average Bonchev–Trinajstić information content (AvgIpc) is 1.63. The zero-order chi connectivity index (χ0) is 83.9. The first-order chi connectivity index (χ1) is 54.5. The van der Waals surface area contributed by atoms with E-state index in [4.69, 9.17) is 32.0 Å². The second-order valence-corrected chi connectivity index (χ2v) is 37.6. The zero-order valence-corrected chi connectivity index (χ0v) is 74.5. The molecule has 24 nitrogen and oxygen atoms in total. The van der Waals surface area contributed by atoms with Gasteiger partial charge in [-0.3, -0.25) is 36.4 Å². The quantitative estimate of drug-likeness (QED) is 0.0264. The Balaban J connectivity index is 0.000000279. The number of aliphatic carboxylic acids is 4. The van der Waals surface area contributed by atoms with Crippen LogP contribution in [0.25, 0.3) is 0 Å². The number of quaternary nitrogens is 4. The number of halogens is 7. The van der Waals surface area contributed by atoms with E-state index >= 15 is 0 Å². The molecule has 8 aromatic carbocycles. The van der Waals surface area contributed by atoms with Gasteiger partial charge in [-0.15, -0.1) is 0 Å². The minimum Gasteiger partial charge on any atom is -1.00 e. The van der Waals surface area contributed by atoms with E-state index in [-0.39, 0.29) is 114 Å². The van der Waals surface area contributed by atoms with Gasteiger partial charge in [0, 0.05) is 103 Å². The fraction of sp³-hybridized carbons (Fsp3) is 0.381. The number of hydrogen-bond donors (Lipinski definition) is 8. The third-order valence-corrected chi connectivity index (χ3v) is 29.1. The predicted octanol–water partition coefficient (Wildman–Crippen LogP) is -1.33. The highest BCUT2D eigenvalue weighted by Crippen LogP contribution is 2.44. The number of rotatable bonds is 28. The minimum absolute atomic E-state index is 0. The van der Waals surface area contributed by atoms with Crippen molar-refractivity contribution in [1.29, 1.82) is 0 Å². The number of sulfonamides is 4. The van der Waals surface area contributed by atoms with E-state index in [1.807, 2.05) is 91.1 Å². The number of hydrogen-bond acceptors (Lipinski definition) is 12. The Labute approximate surface area is 726 Å². The van der Waals surface area contributed by atoms with Crippen LogP contribution in [0.5, 0.6) is 0 Å². The van der Waals surface area contributed by atoms with E-state index in [9.17, 15) is 61.6 Å². The Hall–Kier alpha value is -8.21. The summed E-state index contributed by atoms with van der Waals surface area (Å²) in [6.45, 7) is 9.68. The Kier molecular flexibility index (Phi) is 38.4. The monoisotopic (exact) mass is 1820 g/mol. The predicted molar refractivity (Wildman–Crippen MR) is 437 cm³/mol. The molecule has 0 amide bonds. The van der Waals surface area contributed by atoms with Crippen molar-refractivity contribution in [2.45, 2.75) is 174 Å². The summed E-state index contributed by atoms with van der Waals surface area (Å²) < 4.78 is 140. The normalized spacial score (nSPS) is 16.8. The number of benzene rings is 8. The van der Waals surface area contributed by atoms with Gasteiger partial charge in [0.05, 0.1) is 68.5 Å². The molecular weight excluding hydrogens is 1720 g/mol. The number of fused-ring (bicyclic) bond motifs is 8. The Morgan fingerprint density at radius 1 is 0.328 bits per heavy atom. The van der Waals surface area contributed by atoms with Crippen molar-refractivity contribution >= 4 is 98.3 Å². The highest BCUT2D eigenvalue weighted by atomic mass is 35.5. The third-order valence-electron chi connectivity index (χ3n) is 21.4. The van der Waals surface area contributed by atoms with Crippen LogP contribution in [-0.4, -0.2) is 132 Å². The summed E-state index contributed by atoms with van der Waals surface area (Å²) in [5, 5.41) is 43.8. The molecule has 12 N–H and O–H groups in total. The van der Waals surface area contributed by atoms with E-state index in [1.165, 1.54) is 55.6 Å². The first-order valence-electron chi connectivity index (χ1n) is 38.5. The molecule has 0 saturated carbocycles. The summed E-state index contributed by atoms with van der Waals surface area (Å²) in [7, 11) is -8.74. The van der Waals surface area contributed by atoms with Gasteiger partial charge >= 0.3 is 23.9 Å². The van der Waals surface area contributed by atoms with Gasteiger partial charge in [-0.05, 0) is 181 Å². The Morgan fingerprint density at radius 3 is 0.874 bits per heavy atom. The smallest absolute Gasteiger partial charge is 0.303 e. The molecule has 4 unspecified atom stereocenters. The van der Waals surface area contributed by atoms with Crippen molar-refractivity contribution in [2.75, 3.05) is 71.6 Å². The Bertz CT molecular complexity index is 5210. The molecule has 35 heteroatoms. The highest BCUT2D eigenvalue weighted by molar-refractivity contribution is 7.93. The number of carboxylic acid groups (broad SMARTS) is 4. The van der Waals surface area contributed by atoms with Crippen LogP contribution in [-0.2, 0) is 59.3 Å². The van der Waals surface area contributed by atoms with Crippen molar-refractivity contribution in [1.82, 2.24) is 0 Å². The number of carbonyl (C=O) groups is 4. The van der Waals surface area contributed by atoms with Crippen LogP contribution in [0.4, 0.5) is 31.5 Å². The van der Waals surface area contributed by atoms with E-state index in [2.05, 4.69) is 16.0 Å². The molecule has 0 spiro atoms. The number of nitrogens with two attached hydrogens (primary N) is 4. The maximum atomic E-state index is 14.5. The molecule has 119 heavy (non-hydrogen) atoms. The number of anilines is 4. The molecule has 4 heterocycles. The van der Waals surface area contributed by atoms with Crippen LogP contribution in [0.1, 0.15) is 194 Å². The van der Waals surface area contributed by atoms with Crippen molar-refractivity contribution in [3.8, 4) is 0 Å². The summed E-state index contributed by atoms with van der Waals surface area (Å²) in [5.74, 6) is -4.03. The molecule has 12 rings (SSSR count).